The van der Waals surface area contributed by atoms with Gasteiger partial charge in [0.15, 0.2) is 0 Å². The van der Waals surface area contributed by atoms with Crippen molar-refractivity contribution in [3.8, 4) is 0 Å². The lowest BCUT2D eigenvalue weighted by atomic mass is 10.0. The number of aryl methyl sites for hydroxylation is 2. The van der Waals surface area contributed by atoms with Gasteiger partial charge in [0, 0.05) is 26.2 Å². The number of rotatable bonds is 8. The molecule has 3 nitrogen and oxygen atoms in total. The Morgan fingerprint density at radius 1 is 1.00 bits per heavy atom. The van der Waals surface area contributed by atoms with Gasteiger partial charge in [-0.15, -0.1) is 0 Å². The summed E-state index contributed by atoms with van der Waals surface area (Å²) in [7, 11) is 2.08. The van der Waals surface area contributed by atoms with Crippen LogP contribution in [0.25, 0.3) is 0 Å². The van der Waals surface area contributed by atoms with Gasteiger partial charge in [-0.1, -0.05) is 37.3 Å². The first kappa shape index (κ1) is 17.2. The first-order valence-corrected chi connectivity index (χ1v) is 8.32. The van der Waals surface area contributed by atoms with Crippen LogP contribution >= 0.6 is 0 Å². The van der Waals surface area contributed by atoms with Gasteiger partial charge in [-0.25, -0.2) is 4.98 Å². The van der Waals surface area contributed by atoms with Crippen LogP contribution < -0.4 is 4.90 Å². The molecule has 1 heterocycles. The summed E-state index contributed by atoms with van der Waals surface area (Å²) in [5.41, 5.74) is 3.64. The number of aromatic nitrogens is 1. The van der Waals surface area contributed by atoms with Crippen LogP contribution in [0.15, 0.2) is 42.6 Å². The second kappa shape index (κ2) is 8.47. The van der Waals surface area contributed by atoms with E-state index in [4.69, 9.17) is 0 Å². The molecule has 122 valence electrons. The molecule has 0 amide bonds. The molecular weight excluding hydrogens is 284 g/mol. The van der Waals surface area contributed by atoms with E-state index in [0.717, 1.165) is 37.2 Å². The molecule has 0 saturated carbocycles. The molecule has 0 fully saturated rings. The van der Waals surface area contributed by atoms with Crippen molar-refractivity contribution < 1.29 is 4.79 Å². The molecule has 23 heavy (non-hydrogen) atoms. The molecule has 2 rings (SSSR count). The maximum Gasteiger partial charge on any atom is 0.134 e. The molecular formula is C20H26N2O. The van der Waals surface area contributed by atoms with Gasteiger partial charge < -0.3 is 4.90 Å². The fraction of sp³-hybridized carbons (Fsp3) is 0.400. The quantitative estimate of drug-likeness (QED) is 0.742. The Morgan fingerprint density at radius 2 is 1.61 bits per heavy atom. The number of nitrogens with zero attached hydrogens (tertiary/aromatic N) is 2. The van der Waals surface area contributed by atoms with Crippen LogP contribution in [0, 0.1) is 0 Å². The second-order valence-corrected chi connectivity index (χ2v) is 6.14. The van der Waals surface area contributed by atoms with E-state index in [1.165, 1.54) is 11.1 Å². The fourth-order valence-electron chi connectivity index (χ4n) is 2.64. The molecule has 1 aromatic heterocycles. The van der Waals surface area contributed by atoms with E-state index in [2.05, 4.69) is 60.3 Å². The Hall–Kier alpha value is -2.16. The molecule has 2 aromatic rings. The number of hydrogen-bond donors (Lipinski definition) is 0. The predicted octanol–water partition coefficient (Wildman–Crippen LogP) is 3.84. The lowest BCUT2D eigenvalue weighted by Crippen LogP contribution is -2.18. The highest BCUT2D eigenvalue weighted by molar-refractivity contribution is 5.78. The van der Waals surface area contributed by atoms with E-state index in [0.29, 0.717) is 6.42 Å². The van der Waals surface area contributed by atoms with Gasteiger partial charge in [0.2, 0.25) is 0 Å². The van der Waals surface area contributed by atoms with E-state index in [1.54, 1.807) is 6.92 Å². The lowest BCUT2D eigenvalue weighted by Gasteiger charge is -2.17. The summed E-state index contributed by atoms with van der Waals surface area (Å²) < 4.78 is 0. The summed E-state index contributed by atoms with van der Waals surface area (Å²) in [6.07, 6.45) is 5.60. The topological polar surface area (TPSA) is 33.2 Å². The molecule has 0 unspecified atom stereocenters. The first-order valence-electron chi connectivity index (χ1n) is 8.32. The zero-order chi connectivity index (χ0) is 16.7. The van der Waals surface area contributed by atoms with Crippen molar-refractivity contribution in [2.75, 3.05) is 18.5 Å². The molecule has 3 heteroatoms. The average molecular weight is 310 g/mol. The van der Waals surface area contributed by atoms with Gasteiger partial charge >= 0.3 is 0 Å². The van der Waals surface area contributed by atoms with Crippen LogP contribution in [0.1, 0.15) is 37.0 Å². The maximum absolute atomic E-state index is 11.1. The van der Waals surface area contributed by atoms with Gasteiger partial charge in [0.25, 0.3) is 0 Å². The molecule has 0 bridgehead atoms. The molecule has 0 N–H and O–H groups in total. The number of pyridine rings is 1. The Kier molecular flexibility index (Phi) is 6.33. The fourth-order valence-corrected chi connectivity index (χ4v) is 2.64. The van der Waals surface area contributed by atoms with Crippen molar-refractivity contribution in [2.24, 2.45) is 0 Å². The molecule has 0 aliphatic heterocycles. The van der Waals surface area contributed by atoms with Crippen LogP contribution in [-0.4, -0.2) is 24.4 Å². The molecule has 0 atom stereocenters. The third-order valence-electron chi connectivity index (χ3n) is 3.94. The van der Waals surface area contributed by atoms with E-state index in [9.17, 15) is 4.79 Å². The standard InChI is InChI=1S/C20H26N2O/c1-4-13-22(3)20-12-11-19(15-21-20)10-7-17-5-8-18(9-6-17)14-16(2)23/h5-6,8-9,11-12,15H,4,7,10,13-14H2,1-3H3. The van der Waals surface area contributed by atoms with E-state index >= 15 is 0 Å². The minimum atomic E-state index is 0.206. The zero-order valence-corrected chi connectivity index (χ0v) is 14.4. The Labute approximate surface area is 139 Å². The van der Waals surface area contributed by atoms with Gasteiger partial charge in [-0.2, -0.15) is 0 Å². The normalized spacial score (nSPS) is 10.6. The van der Waals surface area contributed by atoms with Crippen LogP contribution in [0.3, 0.4) is 0 Å². The molecule has 0 aliphatic rings. The van der Waals surface area contributed by atoms with Gasteiger partial charge in [0.05, 0.1) is 0 Å². The summed E-state index contributed by atoms with van der Waals surface area (Å²) in [5.74, 6) is 1.24. The maximum atomic E-state index is 11.1. The third kappa shape index (κ3) is 5.51. The molecule has 0 radical (unpaired) electrons. The summed E-state index contributed by atoms with van der Waals surface area (Å²) >= 11 is 0. The monoisotopic (exact) mass is 310 g/mol. The van der Waals surface area contributed by atoms with Crippen LogP contribution in [0.4, 0.5) is 5.82 Å². The highest BCUT2D eigenvalue weighted by Gasteiger charge is 2.02. The van der Waals surface area contributed by atoms with E-state index in [1.807, 2.05) is 6.20 Å². The average Bonchev–Trinajstić information content (AvgIpc) is 2.54. The van der Waals surface area contributed by atoms with Gasteiger partial charge in [0.1, 0.15) is 11.6 Å². The minimum Gasteiger partial charge on any atom is -0.360 e. The van der Waals surface area contributed by atoms with Crippen molar-refractivity contribution in [3.05, 3.63) is 59.3 Å². The summed E-state index contributed by atoms with van der Waals surface area (Å²) in [4.78, 5) is 17.8. The lowest BCUT2D eigenvalue weighted by molar-refractivity contribution is -0.116. The highest BCUT2D eigenvalue weighted by Crippen LogP contribution is 2.13. The second-order valence-electron chi connectivity index (χ2n) is 6.14. The first-order chi connectivity index (χ1) is 11.1. The summed E-state index contributed by atoms with van der Waals surface area (Å²) in [5, 5.41) is 0. The Bertz CT molecular complexity index is 617. The molecule has 0 spiro atoms. The van der Waals surface area contributed by atoms with Gasteiger partial charge in [-0.05, 0) is 48.9 Å². The van der Waals surface area contributed by atoms with Crippen molar-refractivity contribution >= 4 is 11.6 Å². The van der Waals surface area contributed by atoms with E-state index < -0.39 is 0 Å². The van der Waals surface area contributed by atoms with Crippen LogP contribution in [0.5, 0.6) is 0 Å². The Morgan fingerprint density at radius 3 is 2.17 bits per heavy atom. The highest BCUT2D eigenvalue weighted by atomic mass is 16.1. The summed E-state index contributed by atoms with van der Waals surface area (Å²) in [6, 6.07) is 12.6. The summed E-state index contributed by atoms with van der Waals surface area (Å²) in [6.45, 7) is 4.83. The molecule has 0 aliphatic carbocycles. The molecule has 1 aromatic carbocycles. The zero-order valence-electron chi connectivity index (χ0n) is 14.4. The number of benzene rings is 1. The SMILES string of the molecule is CCCN(C)c1ccc(CCc2ccc(CC(C)=O)cc2)cn1. The number of carbonyl (C=O) groups is 1. The molecule has 0 saturated heterocycles. The minimum absolute atomic E-state index is 0.206. The number of anilines is 1. The third-order valence-corrected chi connectivity index (χ3v) is 3.94. The number of Topliss-reactive ketones (excluding diaryl/α,β-unsaturated/α-hetero) is 1. The largest absolute Gasteiger partial charge is 0.360 e. The van der Waals surface area contributed by atoms with Crippen molar-refractivity contribution in [2.45, 2.75) is 39.5 Å². The predicted molar refractivity (Wildman–Crippen MR) is 96.0 cm³/mol. The number of carbonyl (C=O) groups excluding carboxylic acids is 1. The number of hydrogen-bond acceptors (Lipinski definition) is 3. The van der Waals surface area contributed by atoms with E-state index in [-0.39, 0.29) is 5.78 Å². The smallest absolute Gasteiger partial charge is 0.134 e. The van der Waals surface area contributed by atoms with Crippen molar-refractivity contribution in [3.63, 3.8) is 0 Å². The van der Waals surface area contributed by atoms with Crippen LogP contribution in [-0.2, 0) is 24.1 Å². The van der Waals surface area contributed by atoms with Crippen molar-refractivity contribution in [1.29, 1.82) is 0 Å². The van der Waals surface area contributed by atoms with Gasteiger partial charge in [-0.3, -0.25) is 4.79 Å². The van der Waals surface area contributed by atoms with Crippen LogP contribution in [0.2, 0.25) is 0 Å². The Balaban J connectivity index is 1.89. The van der Waals surface area contributed by atoms with Crippen molar-refractivity contribution in [1.82, 2.24) is 4.98 Å². The number of ketones is 1.